The molecule has 1 spiro atoms. The number of benzene rings is 1. The quantitative estimate of drug-likeness (QED) is 0.854. The number of rotatable bonds is 3. The molecule has 0 unspecified atom stereocenters. The van der Waals surface area contributed by atoms with Crippen LogP contribution in [0.2, 0.25) is 0 Å². The zero-order valence-corrected chi connectivity index (χ0v) is 16.9. The van der Waals surface area contributed by atoms with E-state index >= 15 is 0 Å². The van der Waals surface area contributed by atoms with Crippen molar-refractivity contribution in [3.05, 3.63) is 35.4 Å². The molecular formula is C23H33NO3. The molecule has 3 aliphatic rings. The van der Waals surface area contributed by atoms with Crippen molar-refractivity contribution >= 4 is 5.91 Å². The van der Waals surface area contributed by atoms with E-state index in [2.05, 4.69) is 38.1 Å². The fraction of sp³-hybridized carbons (Fsp3) is 0.696. The Morgan fingerprint density at radius 1 is 1.11 bits per heavy atom. The summed E-state index contributed by atoms with van der Waals surface area (Å²) in [5.41, 5.74) is 1.15. The van der Waals surface area contributed by atoms with Crippen molar-refractivity contribution < 1.29 is 15.0 Å². The molecule has 1 amide bonds. The second kappa shape index (κ2) is 6.31. The van der Waals surface area contributed by atoms with Gasteiger partial charge in [0.1, 0.15) is 0 Å². The van der Waals surface area contributed by atoms with E-state index in [1.165, 1.54) is 5.56 Å². The number of aliphatic hydroxyl groups is 2. The van der Waals surface area contributed by atoms with Gasteiger partial charge < -0.3 is 15.1 Å². The molecule has 0 bridgehead atoms. The molecule has 1 aromatic rings. The molecule has 4 rings (SSSR count). The van der Waals surface area contributed by atoms with Crippen LogP contribution in [0.5, 0.6) is 0 Å². The number of likely N-dealkylation sites (tertiary alicyclic amines) is 1. The molecule has 2 aliphatic carbocycles. The normalized spacial score (nSPS) is 31.5. The third-order valence-electron chi connectivity index (χ3n) is 7.31. The van der Waals surface area contributed by atoms with Gasteiger partial charge in [0.2, 0.25) is 5.91 Å². The second-order valence-corrected chi connectivity index (χ2v) is 10.1. The standard InChI is InChI=1S/C23H33NO3/c1-16(2)17-5-4-6-19(11-17)23(27)9-7-22(8-10-23)14-24(15-22)20(25)18-12-21(3,26)13-18/h4-6,11,16,18,26-27H,7-10,12-15H2,1-3H3/t18-,21+. The van der Waals surface area contributed by atoms with E-state index < -0.39 is 11.2 Å². The summed E-state index contributed by atoms with van der Waals surface area (Å²) in [6, 6.07) is 8.42. The first-order chi connectivity index (χ1) is 12.6. The van der Waals surface area contributed by atoms with Gasteiger partial charge in [-0.2, -0.15) is 0 Å². The molecule has 148 valence electrons. The van der Waals surface area contributed by atoms with Crippen molar-refractivity contribution in [1.29, 1.82) is 0 Å². The van der Waals surface area contributed by atoms with E-state index in [1.54, 1.807) is 0 Å². The summed E-state index contributed by atoms with van der Waals surface area (Å²) in [6.45, 7) is 7.82. The Bertz CT molecular complexity index is 715. The molecule has 4 heteroatoms. The summed E-state index contributed by atoms with van der Waals surface area (Å²) in [7, 11) is 0. The van der Waals surface area contributed by atoms with Crippen molar-refractivity contribution in [2.75, 3.05) is 13.1 Å². The SMILES string of the molecule is CC(C)c1cccc(C2(O)CCC3(CC2)CN(C(=O)[C@H]2C[C@@](C)(O)C2)C3)c1. The molecule has 4 nitrogen and oxygen atoms in total. The van der Waals surface area contributed by atoms with Gasteiger partial charge in [-0.25, -0.2) is 0 Å². The maximum Gasteiger partial charge on any atom is 0.225 e. The van der Waals surface area contributed by atoms with E-state index in [0.717, 1.165) is 44.3 Å². The van der Waals surface area contributed by atoms with Crippen LogP contribution in [0.4, 0.5) is 0 Å². The van der Waals surface area contributed by atoms with Gasteiger partial charge in [-0.1, -0.05) is 38.1 Å². The van der Waals surface area contributed by atoms with Gasteiger partial charge >= 0.3 is 0 Å². The fourth-order valence-electron chi connectivity index (χ4n) is 5.34. The number of hydrogen-bond acceptors (Lipinski definition) is 3. The molecule has 0 aromatic heterocycles. The average Bonchev–Trinajstić information content (AvgIpc) is 2.58. The largest absolute Gasteiger partial charge is 0.390 e. The summed E-state index contributed by atoms with van der Waals surface area (Å²) in [5, 5.41) is 21.1. The van der Waals surface area contributed by atoms with Crippen LogP contribution in [0, 0.1) is 11.3 Å². The van der Waals surface area contributed by atoms with Gasteiger partial charge in [-0.05, 0) is 62.5 Å². The second-order valence-electron chi connectivity index (χ2n) is 10.1. The zero-order chi connectivity index (χ0) is 19.4. The Kier molecular flexibility index (Phi) is 4.43. The molecule has 0 radical (unpaired) electrons. The van der Waals surface area contributed by atoms with Crippen molar-refractivity contribution in [3.8, 4) is 0 Å². The molecule has 3 fully saturated rings. The summed E-state index contributed by atoms with van der Waals surface area (Å²) in [5.74, 6) is 0.691. The molecule has 0 atom stereocenters. The van der Waals surface area contributed by atoms with Crippen LogP contribution in [-0.4, -0.2) is 39.7 Å². The van der Waals surface area contributed by atoms with Gasteiger partial charge in [0, 0.05) is 24.4 Å². The summed E-state index contributed by atoms with van der Waals surface area (Å²) in [4.78, 5) is 14.5. The topological polar surface area (TPSA) is 60.8 Å². The molecule has 1 aliphatic heterocycles. The maximum atomic E-state index is 12.5. The average molecular weight is 372 g/mol. The molecular weight excluding hydrogens is 338 g/mol. The van der Waals surface area contributed by atoms with Gasteiger partial charge in [0.05, 0.1) is 11.2 Å². The summed E-state index contributed by atoms with van der Waals surface area (Å²) in [6.07, 6.45) is 4.69. The number of carbonyl (C=O) groups is 1. The van der Waals surface area contributed by atoms with Crippen molar-refractivity contribution in [2.45, 2.75) is 76.4 Å². The van der Waals surface area contributed by atoms with Crippen LogP contribution in [0.25, 0.3) is 0 Å². The van der Waals surface area contributed by atoms with Crippen molar-refractivity contribution in [3.63, 3.8) is 0 Å². The van der Waals surface area contributed by atoms with Crippen LogP contribution >= 0.6 is 0 Å². The Hall–Kier alpha value is -1.39. The van der Waals surface area contributed by atoms with Gasteiger partial charge in [0.15, 0.2) is 0 Å². The molecule has 2 saturated carbocycles. The molecule has 27 heavy (non-hydrogen) atoms. The molecule has 1 aromatic carbocycles. The van der Waals surface area contributed by atoms with E-state index in [9.17, 15) is 15.0 Å². The van der Waals surface area contributed by atoms with E-state index in [-0.39, 0.29) is 17.2 Å². The Morgan fingerprint density at radius 2 is 1.74 bits per heavy atom. The van der Waals surface area contributed by atoms with Crippen molar-refractivity contribution in [1.82, 2.24) is 4.90 Å². The van der Waals surface area contributed by atoms with E-state index in [4.69, 9.17) is 0 Å². The smallest absolute Gasteiger partial charge is 0.225 e. The first-order valence-corrected chi connectivity index (χ1v) is 10.5. The monoisotopic (exact) mass is 371 g/mol. The summed E-state index contributed by atoms with van der Waals surface area (Å²) >= 11 is 0. The van der Waals surface area contributed by atoms with Gasteiger partial charge in [0.25, 0.3) is 0 Å². The lowest BCUT2D eigenvalue weighted by Gasteiger charge is -2.56. The lowest BCUT2D eigenvalue weighted by atomic mass is 9.62. The minimum Gasteiger partial charge on any atom is -0.390 e. The predicted molar refractivity (Wildman–Crippen MR) is 105 cm³/mol. The van der Waals surface area contributed by atoms with Crippen LogP contribution in [-0.2, 0) is 10.4 Å². The zero-order valence-electron chi connectivity index (χ0n) is 16.9. The number of hydrogen-bond donors (Lipinski definition) is 2. The lowest BCUT2D eigenvalue weighted by Crippen LogP contribution is -2.63. The van der Waals surface area contributed by atoms with Crippen LogP contribution < -0.4 is 0 Å². The predicted octanol–water partition coefficient (Wildman–Crippen LogP) is 3.56. The highest BCUT2D eigenvalue weighted by Crippen LogP contribution is 2.51. The van der Waals surface area contributed by atoms with Crippen LogP contribution in [0.15, 0.2) is 24.3 Å². The van der Waals surface area contributed by atoms with Gasteiger partial charge in [-0.15, -0.1) is 0 Å². The van der Waals surface area contributed by atoms with Crippen molar-refractivity contribution in [2.24, 2.45) is 11.3 Å². The summed E-state index contributed by atoms with van der Waals surface area (Å²) < 4.78 is 0. The Morgan fingerprint density at radius 3 is 2.30 bits per heavy atom. The Balaban J connectivity index is 1.34. The third-order valence-corrected chi connectivity index (χ3v) is 7.31. The van der Waals surface area contributed by atoms with E-state index in [0.29, 0.717) is 18.8 Å². The molecule has 2 N–H and O–H groups in total. The highest BCUT2D eigenvalue weighted by Gasteiger charge is 2.53. The first-order valence-electron chi connectivity index (χ1n) is 10.5. The highest BCUT2D eigenvalue weighted by atomic mass is 16.3. The highest BCUT2D eigenvalue weighted by molar-refractivity contribution is 5.81. The minimum absolute atomic E-state index is 0.0108. The Labute approximate surface area is 162 Å². The molecule has 1 heterocycles. The van der Waals surface area contributed by atoms with E-state index in [1.807, 2.05) is 11.8 Å². The third kappa shape index (κ3) is 3.42. The minimum atomic E-state index is -0.729. The first kappa shape index (κ1) is 18.9. The fourth-order valence-corrected chi connectivity index (χ4v) is 5.34. The van der Waals surface area contributed by atoms with Crippen LogP contribution in [0.1, 0.15) is 76.3 Å². The van der Waals surface area contributed by atoms with Crippen LogP contribution in [0.3, 0.4) is 0 Å². The number of carbonyl (C=O) groups excluding carboxylic acids is 1. The molecule has 1 saturated heterocycles. The maximum absolute atomic E-state index is 12.5. The lowest BCUT2D eigenvalue weighted by molar-refractivity contribution is -0.167. The number of nitrogens with zero attached hydrogens (tertiary/aromatic N) is 1. The number of amides is 1. The van der Waals surface area contributed by atoms with Gasteiger partial charge in [-0.3, -0.25) is 4.79 Å².